The molecule has 1 saturated heterocycles. The number of alkyl halides is 3. The number of amides is 1. The second-order valence-corrected chi connectivity index (χ2v) is 9.30. The van der Waals surface area contributed by atoms with Crippen molar-refractivity contribution in [2.24, 2.45) is 11.8 Å². The summed E-state index contributed by atoms with van der Waals surface area (Å²) in [6.07, 6.45) is -2.66. The highest BCUT2D eigenvalue weighted by Gasteiger charge is 2.59. The summed E-state index contributed by atoms with van der Waals surface area (Å²) in [4.78, 5) is 18.2. The lowest BCUT2D eigenvalue weighted by atomic mass is 9.74. The summed E-state index contributed by atoms with van der Waals surface area (Å²) in [5.41, 5.74) is -2.75. The minimum Gasteiger partial charge on any atom is -0.373 e. The number of nitrogens with zero attached hydrogens (tertiary/aromatic N) is 3. The summed E-state index contributed by atoms with van der Waals surface area (Å²) in [6.45, 7) is 2.78. The molecule has 6 nitrogen and oxygen atoms in total. The van der Waals surface area contributed by atoms with Crippen molar-refractivity contribution in [3.05, 3.63) is 35.1 Å². The van der Waals surface area contributed by atoms with Crippen molar-refractivity contribution in [2.45, 2.75) is 50.3 Å². The molecule has 1 aromatic heterocycles. The summed E-state index contributed by atoms with van der Waals surface area (Å²) >= 11 is 5.94. The Balaban J connectivity index is 1.49. The Morgan fingerprint density at radius 3 is 2.48 bits per heavy atom. The van der Waals surface area contributed by atoms with Gasteiger partial charge in [0.25, 0.3) is 5.91 Å². The van der Waals surface area contributed by atoms with Crippen molar-refractivity contribution in [1.29, 1.82) is 0 Å². The predicted molar refractivity (Wildman–Crippen MR) is 108 cm³/mol. The number of aromatic amines is 1. The van der Waals surface area contributed by atoms with E-state index in [1.54, 1.807) is 12.1 Å². The maximum absolute atomic E-state index is 13.1. The number of hydrogen-bond acceptors (Lipinski definition) is 4. The third-order valence-corrected chi connectivity index (χ3v) is 6.97. The molecular weight excluding hydrogens is 433 g/mol. The standard InChI is InChI=1S/C21H24ClF3N4O2/c1-12-11-29(18(30)19(2,31)21(23,24)25)10-7-15(12)20(8-9-20)17-26-16(27-28-17)13-3-5-14(22)6-4-13/h3-6,12,15,31H,7-11H2,1-2H3,(H,26,27,28)/t12-,15+,19?/m0/s1. The molecule has 10 heteroatoms. The average molecular weight is 457 g/mol. The van der Waals surface area contributed by atoms with Crippen LogP contribution in [0.1, 0.15) is 38.9 Å². The molecule has 1 aromatic carbocycles. The number of hydrogen-bond donors (Lipinski definition) is 2. The number of aromatic nitrogens is 3. The Morgan fingerprint density at radius 2 is 1.94 bits per heavy atom. The predicted octanol–water partition coefficient (Wildman–Crippen LogP) is 3.95. The Bertz CT molecular complexity index is 970. The van der Waals surface area contributed by atoms with Crippen LogP contribution in [0.4, 0.5) is 13.2 Å². The zero-order valence-corrected chi connectivity index (χ0v) is 18.0. The van der Waals surface area contributed by atoms with Gasteiger partial charge in [-0.1, -0.05) is 18.5 Å². The number of aliphatic hydroxyl groups is 1. The molecule has 1 aliphatic heterocycles. The smallest absolute Gasteiger partial charge is 0.373 e. The molecule has 1 amide bonds. The van der Waals surface area contributed by atoms with Crippen LogP contribution in [0, 0.1) is 11.8 Å². The van der Waals surface area contributed by atoms with Gasteiger partial charge < -0.3 is 10.0 Å². The molecular formula is C21H24ClF3N4O2. The number of rotatable bonds is 4. The Labute approximate surface area is 182 Å². The van der Waals surface area contributed by atoms with Crippen LogP contribution in [0.5, 0.6) is 0 Å². The zero-order valence-electron chi connectivity index (χ0n) is 17.2. The van der Waals surface area contributed by atoms with E-state index in [0.717, 1.165) is 29.1 Å². The lowest BCUT2D eigenvalue weighted by Crippen LogP contribution is -2.59. The van der Waals surface area contributed by atoms with Gasteiger partial charge in [-0.15, -0.1) is 0 Å². The van der Waals surface area contributed by atoms with Crippen LogP contribution in [0.2, 0.25) is 5.02 Å². The van der Waals surface area contributed by atoms with Crippen LogP contribution in [0.15, 0.2) is 24.3 Å². The van der Waals surface area contributed by atoms with Crippen LogP contribution in [-0.4, -0.2) is 56.0 Å². The fourth-order valence-corrected chi connectivity index (χ4v) is 4.84. The van der Waals surface area contributed by atoms with Gasteiger partial charge in [0.1, 0.15) is 5.82 Å². The molecule has 31 heavy (non-hydrogen) atoms. The summed E-state index contributed by atoms with van der Waals surface area (Å²) in [5, 5.41) is 17.8. The largest absolute Gasteiger partial charge is 0.426 e. The molecule has 2 fully saturated rings. The van der Waals surface area contributed by atoms with E-state index in [4.69, 9.17) is 16.6 Å². The molecule has 1 saturated carbocycles. The Kier molecular flexibility index (Phi) is 5.33. The van der Waals surface area contributed by atoms with E-state index in [0.29, 0.717) is 24.2 Å². The third-order valence-electron chi connectivity index (χ3n) is 6.72. The number of H-pyrrole nitrogens is 1. The highest BCUT2D eigenvalue weighted by atomic mass is 35.5. The van der Waals surface area contributed by atoms with Crippen molar-refractivity contribution in [3.8, 4) is 11.4 Å². The lowest BCUT2D eigenvalue weighted by molar-refractivity contribution is -0.251. The summed E-state index contributed by atoms with van der Waals surface area (Å²) in [7, 11) is 0. The minimum absolute atomic E-state index is 0.0479. The van der Waals surface area contributed by atoms with Crippen LogP contribution >= 0.6 is 11.6 Å². The van der Waals surface area contributed by atoms with Crippen molar-refractivity contribution in [2.75, 3.05) is 13.1 Å². The molecule has 0 spiro atoms. The van der Waals surface area contributed by atoms with E-state index in [1.165, 1.54) is 0 Å². The molecule has 1 aliphatic carbocycles. The quantitative estimate of drug-likeness (QED) is 0.729. The van der Waals surface area contributed by atoms with Crippen LogP contribution in [0.3, 0.4) is 0 Å². The van der Waals surface area contributed by atoms with Crippen LogP contribution in [-0.2, 0) is 10.2 Å². The lowest BCUT2D eigenvalue weighted by Gasteiger charge is -2.42. The first kappa shape index (κ1) is 22.1. The highest BCUT2D eigenvalue weighted by molar-refractivity contribution is 6.30. The van der Waals surface area contributed by atoms with E-state index in [9.17, 15) is 23.1 Å². The topological polar surface area (TPSA) is 82.1 Å². The third kappa shape index (κ3) is 3.82. The normalized spacial score (nSPS) is 25.2. The van der Waals surface area contributed by atoms with E-state index < -0.39 is 17.7 Å². The number of nitrogens with one attached hydrogen (secondary N) is 1. The Morgan fingerprint density at radius 1 is 1.29 bits per heavy atom. The molecule has 2 aliphatic rings. The number of carbonyl (C=O) groups is 1. The van der Waals surface area contributed by atoms with Gasteiger partial charge in [-0.25, -0.2) is 4.98 Å². The number of likely N-dealkylation sites (tertiary alicyclic amines) is 1. The SMILES string of the molecule is C[C@H]1CN(C(=O)C(C)(O)C(F)(F)F)CC[C@H]1C1(c2nc(-c3ccc(Cl)cc3)n[nH]2)CC1. The second kappa shape index (κ2) is 7.48. The molecule has 1 unspecified atom stereocenters. The van der Waals surface area contributed by atoms with Crippen molar-refractivity contribution < 1.29 is 23.1 Å². The molecule has 0 bridgehead atoms. The van der Waals surface area contributed by atoms with Gasteiger partial charge in [0.15, 0.2) is 5.82 Å². The van der Waals surface area contributed by atoms with Gasteiger partial charge in [-0.05, 0) is 62.3 Å². The van der Waals surface area contributed by atoms with Crippen molar-refractivity contribution >= 4 is 17.5 Å². The number of piperidine rings is 1. The number of benzene rings is 1. The second-order valence-electron chi connectivity index (χ2n) is 8.86. The first-order chi connectivity index (χ1) is 14.5. The summed E-state index contributed by atoms with van der Waals surface area (Å²) in [5.74, 6) is 0.155. The number of carbonyl (C=O) groups excluding carboxylic acids is 1. The first-order valence-electron chi connectivity index (χ1n) is 10.2. The van der Waals surface area contributed by atoms with E-state index in [2.05, 4.69) is 10.2 Å². The van der Waals surface area contributed by atoms with Gasteiger partial charge in [-0.2, -0.15) is 18.3 Å². The number of halogens is 4. The van der Waals surface area contributed by atoms with E-state index in [1.807, 2.05) is 19.1 Å². The van der Waals surface area contributed by atoms with Crippen molar-refractivity contribution in [1.82, 2.24) is 20.1 Å². The maximum Gasteiger partial charge on any atom is 0.426 e. The van der Waals surface area contributed by atoms with Gasteiger partial charge in [-0.3, -0.25) is 9.89 Å². The average Bonchev–Trinajstić information content (AvgIpc) is 3.35. The van der Waals surface area contributed by atoms with E-state index in [-0.39, 0.29) is 30.3 Å². The van der Waals surface area contributed by atoms with Crippen LogP contribution < -0.4 is 0 Å². The van der Waals surface area contributed by atoms with Crippen LogP contribution in [0.25, 0.3) is 11.4 Å². The molecule has 0 radical (unpaired) electrons. The monoisotopic (exact) mass is 456 g/mol. The fourth-order valence-electron chi connectivity index (χ4n) is 4.71. The maximum atomic E-state index is 13.1. The molecule has 2 N–H and O–H groups in total. The first-order valence-corrected chi connectivity index (χ1v) is 10.6. The van der Waals surface area contributed by atoms with Gasteiger partial charge in [0, 0.05) is 29.1 Å². The zero-order chi connectivity index (χ0) is 22.6. The molecule has 3 atom stereocenters. The summed E-state index contributed by atoms with van der Waals surface area (Å²) in [6, 6.07) is 7.22. The molecule has 2 aromatic rings. The highest BCUT2D eigenvalue weighted by Crippen LogP contribution is 2.57. The fraction of sp³-hybridized carbons (Fsp3) is 0.571. The minimum atomic E-state index is -5.01. The molecule has 168 valence electrons. The van der Waals surface area contributed by atoms with Gasteiger partial charge >= 0.3 is 6.18 Å². The molecule has 2 heterocycles. The summed E-state index contributed by atoms with van der Waals surface area (Å²) < 4.78 is 39.2. The van der Waals surface area contributed by atoms with Gasteiger partial charge in [0.2, 0.25) is 5.60 Å². The van der Waals surface area contributed by atoms with Gasteiger partial charge in [0.05, 0.1) is 0 Å². The van der Waals surface area contributed by atoms with E-state index >= 15 is 0 Å². The molecule has 4 rings (SSSR count). The Hall–Kier alpha value is -2.13. The van der Waals surface area contributed by atoms with Crippen molar-refractivity contribution in [3.63, 3.8) is 0 Å².